The molecule has 0 bridgehead atoms. The third-order valence-corrected chi connectivity index (χ3v) is 8.77. The van der Waals surface area contributed by atoms with E-state index in [2.05, 4.69) is 15.6 Å². The Labute approximate surface area is 198 Å². The summed E-state index contributed by atoms with van der Waals surface area (Å²) < 4.78 is 27.0. The fourth-order valence-electron chi connectivity index (χ4n) is 4.19. The quantitative estimate of drug-likeness (QED) is 0.616. The third kappa shape index (κ3) is 5.97. The third-order valence-electron chi connectivity index (χ3n) is 6.00. The molecule has 2 aromatic rings. The van der Waals surface area contributed by atoms with Gasteiger partial charge in [-0.15, -0.1) is 11.3 Å². The van der Waals surface area contributed by atoms with E-state index in [1.165, 1.54) is 21.7 Å². The van der Waals surface area contributed by atoms with Crippen molar-refractivity contribution in [2.45, 2.75) is 37.5 Å². The number of hydrogen-bond donors (Lipinski definition) is 2. The number of nitrogens with one attached hydrogen (secondary N) is 2. The van der Waals surface area contributed by atoms with Crippen molar-refractivity contribution in [3.05, 3.63) is 35.3 Å². The first-order chi connectivity index (χ1) is 15.8. The second-order valence-corrected chi connectivity index (χ2v) is 11.3. The molecular formula is C22H29N5O4S2. The van der Waals surface area contributed by atoms with E-state index < -0.39 is 10.0 Å². The molecule has 0 radical (unpaired) electrons. The zero-order valence-corrected chi connectivity index (χ0v) is 20.3. The highest BCUT2D eigenvalue weighted by atomic mass is 32.2. The van der Waals surface area contributed by atoms with Crippen molar-refractivity contribution < 1.29 is 18.0 Å². The number of carbonyl (C=O) groups is 2. The Morgan fingerprint density at radius 2 is 1.85 bits per heavy atom. The van der Waals surface area contributed by atoms with Gasteiger partial charge in [0, 0.05) is 30.1 Å². The van der Waals surface area contributed by atoms with Gasteiger partial charge in [-0.1, -0.05) is 6.07 Å². The summed E-state index contributed by atoms with van der Waals surface area (Å²) >= 11 is 1.41. The Balaban J connectivity index is 1.26. The second kappa shape index (κ2) is 10.3. The Morgan fingerprint density at radius 3 is 2.52 bits per heavy atom. The molecule has 2 aliphatic heterocycles. The van der Waals surface area contributed by atoms with E-state index in [4.69, 9.17) is 0 Å². The van der Waals surface area contributed by atoms with E-state index >= 15 is 0 Å². The molecule has 2 fully saturated rings. The number of carbonyl (C=O) groups excluding carboxylic acids is 2. The smallest absolute Gasteiger partial charge is 0.243 e. The van der Waals surface area contributed by atoms with Crippen LogP contribution in [-0.4, -0.2) is 67.1 Å². The van der Waals surface area contributed by atoms with E-state index in [1.807, 2.05) is 17.2 Å². The minimum atomic E-state index is -3.53. The fourth-order valence-corrected chi connectivity index (χ4v) is 6.44. The van der Waals surface area contributed by atoms with Gasteiger partial charge in [-0.25, -0.2) is 13.4 Å². The van der Waals surface area contributed by atoms with Crippen LogP contribution in [0.1, 0.15) is 31.4 Å². The van der Waals surface area contributed by atoms with E-state index in [-0.39, 0.29) is 29.2 Å². The van der Waals surface area contributed by atoms with Crippen LogP contribution >= 0.6 is 11.3 Å². The highest BCUT2D eigenvalue weighted by Crippen LogP contribution is 2.24. The molecule has 33 heavy (non-hydrogen) atoms. The van der Waals surface area contributed by atoms with Gasteiger partial charge in [-0.05, 0) is 63.9 Å². The standard InChI is InChI=1S/C22H29N5O4S2/c1-16-15-32-22(23-16)25-21(29)17-7-11-26(12-8-17)14-20(28)24-18-5-4-6-19(13-18)33(30,31)27-9-2-3-10-27/h4-6,13,15,17H,2-3,7-12,14H2,1H3,(H,24,28)(H,23,25,29). The maximum absolute atomic E-state index is 12.8. The number of sulfonamides is 1. The molecule has 2 N–H and O–H groups in total. The highest BCUT2D eigenvalue weighted by molar-refractivity contribution is 7.89. The second-order valence-electron chi connectivity index (χ2n) is 8.52. The lowest BCUT2D eigenvalue weighted by Gasteiger charge is -2.30. The Hall–Kier alpha value is -2.34. The molecule has 2 amide bonds. The van der Waals surface area contributed by atoms with Gasteiger partial charge in [0.25, 0.3) is 0 Å². The SMILES string of the molecule is Cc1csc(NC(=O)C2CCN(CC(=O)Nc3cccc(S(=O)(=O)N4CCCC4)c3)CC2)n1. The van der Waals surface area contributed by atoms with E-state index in [0.717, 1.165) is 18.5 Å². The first-order valence-electron chi connectivity index (χ1n) is 11.2. The summed E-state index contributed by atoms with van der Waals surface area (Å²) in [7, 11) is -3.53. The summed E-state index contributed by atoms with van der Waals surface area (Å²) in [5, 5.41) is 8.20. The largest absolute Gasteiger partial charge is 0.325 e. The molecule has 2 aliphatic rings. The maximum Gasteiger partial charge on any atom is 0.243 e. The van der Waals surface area contributed by atoms with Crippen LogP contribution in [0, 0.1) is 12.8 Å². The van der Waals surface area contributed by atoms with E-state index in [1.54, 1.807) is 18.2 Å². The number of nitrogens with zero attached hydrogens (tertiary/aromatic N) is 3. The summed E-state index contributed by atoms with van der Waals surface area (Å²) in [5.41, 5.74) is 1.35. The van der Waals surface area contributed by atoms with Gasteiger partial charge < -0.3 is 10.6 Å². The normalized spacial score (nSPS) is 18.3. The van der Waals surface area contributed by atoms with Crippen LogP contribution in [0.2, 0.25) is 0 Å². The van der Waals surface area contributed by atoms with Crippen LogP contribution in [0.4, 0.5) is 10.8 Å². The Morgan fingerprint density at radius 1 is 1.12 bits per heavy atom. The lowest BCUT2D eigenvalue weighted by Crippen LogP contribution is -2.41. The van der Waals surface area contributed by atoms with Gasteiger partial charge in [0.2, 0.25) is 21.8 Å². The summed E-state index contributed by atoms with van der Waals surface area (Å²) in [6.45, 7) is 4.45. The van der Waals surface area contributed by atoms with Gasteiger partial charge in [-0.2, -0.15) is 4.31 Å². The molecule has 0 spiro atoms. The van der Waals surface area contributed by atoms with Crippen molar-refractivity contribution >= 4 is 44.0 Å². The van der Waals surface area contributed by atoms with Crippen LogP contribution in [-0.2, 0) is 19.6 Å². The van der Waals surface area contributed by atoms with Gasteiger partial charge in [0.15, 0.2) is 5.13 Å². The van der Waals surface area contributed by atoms with E-state index in [0.29, 0.717) is 49.8 Å². The Kier molecular flexibility index (Phi) is 7.42. The predicted octanol–water partition coefficient (Wildman–Crippen LogP) is 2.53. The summed E-state index contributed by atoms with van der Waals surface area (Å²) in [5.74, 6) is -0.322. The number of rotatable bonds is 7. The first kappa shape index (κ1) is 23.8. The van der Waals surface area contributed by atoms with Gasteiger partial charge in [0.1, 0.15) is 0 Å². The maximum atomic E-state index is 12.8. The van der Waals surface area contributed by atoms with Crippen LogP contribution in [0.3, 0.4) is 0 Å². The summed E-state index contributed by atoms with van der Waals surface area (Å²) in [6.07, 6.45) is 3.09. The minimum absolute atomic E-state index is 0.0236. The zero-order valence-electron chi connectivity index (χ0n) is 18.6. The Bertz CT molecular complexity index is 1100. The number of anilines is 2. The van der Waals surface area contributed by atoms with Crippen molar-refractivity contribution in [3.63, 3.8) is 0 Å². The summed E-state index contributed by atoms with van der Waals surface area (Å²) in [6, 6.07) is 6.42. The average Bonchev–Trinajstić information content (AvgIpc) is 3.47. The van der Waals surface area contributed by atoms with Crippen molar-refractivity contribution in [2.75, 3.05) is 43.4 Å². The molecule has 3 heterocycles. The lowest BCUT2D eigenvalue weighted by molar-refractivity contribution is -0.121. The molecule has 4 rings (SSSR count). The molecular weight excluding hydrogens is 462 g/mol. The van der Waals surface area contributed by atoms with Crippen LogP contribution in [0.25, 0.3) is 0 Å². The molecule has 0 unspecified atom stereocenters. The first-order valence-corrected chi connectivity index (χ1v) is 13.5. The van der Waals surface area contributed by atoms with Crippen LogP contribution in [0.15, 0.2) is 34.5 Å². The lowest BCUT2D eigenvalue weighted by atomic mass is 9.96. The fraction of sp³-hybridized carbons (Fsp3) is 0.500. The monoisotopic (exact) mass is 491 g/mol. The van der Waals surface area contributed by atoms with Crippen LogP contribution < -0.4 is 10.6 Å². The number of aromatic nitrogens is 1. The topological polar surface area (TPSA) is 112 Å². The van der Waals surface area contributed by atoms with Crippen molar-refractivity contribution in [2.24, 2.45) is 5.92 Å². The number of piperidine rings is 1. The van der Waals surface area contributed by atoms with Gasteiger partial charge in [-0.3, -0.25) is 14.5 Å². The molecule has 0 aliphatic carbocycles. The number of benzene rings is 1. The van der Waals surface area contributed by atoms with Crippen molar-refractivity contribution in [1.82, 2.24) is 14.2 Å². The average molecular weight is 492 g/mol. The molecule has 1 aromatic heterocycles. The number of thiazole rings is 1. The van der Waals surface area contributed by atoms with E-state index in [9.17, 15) is 18.0 Å². The highest BCUT2D eigenvalue weighted by Gasteiger charge is 2.28. The zero-order chi connectivity index (χ0) is 23.4. The molecule has 2 saturated heterocycles. The van der Waals surface area contributed by atoms with Crippen molar-refractivity contribution in [3.8, 4) is 0 Å². The van der Waals surface area contributed by atoms with Crippen LogP contribution in [0.5, 0.6) is 0 Å². The number of hydrogen-bond acceptors (Lipinski definition) is 7. The molecule has 9 nitrogen and oxygen atoms in total. The number of aryl methyl sites for hydroxylation is 1. The predicted molar refractivity (Wildman–Crippen MR) is 128 cm³/mol. The van der Waals surface area contributed by atoms with Gasteiger partial charge >= 0.3 is 0 Å². The molecule has 0 atom stereocenters. The number of likely N-dealkylation sites (tertiary alicyclic amines) is 1. The molecule has 1 aromatic carbocycles. The molecule has 0 saturated carbocycles. The van der Waals surface area contributed by atoms with Crippen molar-refractivity contribution in [1.29, 1.82) is 0 Å². The number of amides is 2. The van der Waals surface area contributed by atoms with Gasteiger partial charge in [0.05, 0.1) is 17.1 Å². The molecule has 178 valence electrons. The molecule has 11 heteroatoms. The summed E-state index contributed by atoms with van der Waals surface area (Å²) in [4.78, 5) is 31.5. The minimum Gasteiger partial charge on any atom is -0.325 e.